The molecule has 1 aromatic carbocycles. The molecule has 1 amide bonds. The number of H-pyrrole nitrogens is 1. The van der Waals surface area contributed by atoms with Crippen LogP contribution in [0.15, 0.2) is 24.3 Å². The van der Waals surface area contributed by atoms with Gasteiger partial charge in [-0.15, -0.1) is 0 Å². The molecule has 2 atom stereocenters. The molecule has 0 radical (unpaired) electrons. The zero-order chi connectivity index (χ0) is 18.4. The molecule has 0 saturated carbocycles. The molecule has 6 nitrogen and oxygen atoms in total. The number of nitrogens with zero attached hydrogens (tertiary/aromatic N) is 1. The fourth-order valence-corrected chi connectivity index (χ4v) is 2.73. The van der Waals surface area contributed by atoms with E-state index in [2.05, 4.69) is 15.5 Å². The minimum Gasteiger partial charge on any atom is -0.497 e. The second-order valence-corrected chi connectivity index (χ2v) is 6.32. The number of aromatic amines is 1. The van der Waals surface area contributed by atoms with Crippen molar-refractivity contribution in [2.75, 3.05) is 13.7 Å². The van der Waals surface area contributed by atoms with E-state index in [0.717, 1.165) is 34.7 Å². The number of nitrogens with one attached hydrogen (secondary N) is 2. The highest BCUT2D eigenvalue weighted by Gasteiger charge is 2.20. The molecule has 0 bridgehead atoms. The molecule has 1 aromatic heterocycles. The van der Waals surface area contributed by atoms with Crippen LogP contribution in [0.4, 0.5) is 0 Å². The molecule has 1 heterocycles. The molecule has 0 aliphatic rings. The second-order valence-electron chi connectivity index (χ2n) is 6.32. The molecule has 2 aromatic rings. The molecule has 2 rings (SSSR count). The highest BCUT2D eigenvalue weighted by atomic mass is 16.5. The number of benzene rings is 1. The molecule has 0 fully saturated rings. The molecule has 2 unspecified atom stereocenters. The van der Waals surface area contributed by atoms with Gasteiger partial charge in [0, 0.05) is 16.8 Å². The maximum atomic E-state index is 12.5. The lowest BCUT2D eigenvalue weighted by atomic mass is 9.99. The first-order valence-electron chi connectivity index (χ1n) is 8.58. The van der Waals surface area contributed by atoms with Gasteiger partial charge in [-0.05, 0) is 37.1 Å². The van der Waals surface area contributed by atoms with E-state index in [1.165, 1.54) is 0 Å². The Hall–Kier alpha value is -2.34. The molecular formula is C19H27N3O3. The number of aryl methyl sites for hydroxylation is 1. The monoisotopic (exact) mass is 345 g/mol. The summed E-state index contributed by atoms with van der Waals surface area (Å²) in [7, 11) is 1.62. The second kappa shape index (κ2) is 8.67. The van der Waals surface area contributed by atoms with E-state index in [4.69, 9.17) is 4.74 Å². The average Bonchev–Trinajstić information content (AvgIpc) is 2.99. The molecule has 0 saturated heterocycles. The van der Waals surface area contributed by atoms with Crippen LogP contribution in [0.1, 0.15) is 31.5 Å². The van der Waals surface area contributed by atoms with Crippen molar-refractivity contribution in [1.82, 2.24) is 15.5 Å². The van der Waals surface area contributed by atoms with Gasteiger partial charge < -0.3 is 15.2 Å². The van der Waals surface area contributed by atoms with E-state index in [1.807, 2.05) is 45.0 Å². The number of aliphatic hydroxyl groups is 1. The lowest BCUT2D eigenvalue weighted by Gasteiger charge is -2.22. The third-order valence-electron chi connectivity index (χ3n) is 4.65. The zero-order valence-electron chi connectivity index (χ0n) is 15.3. The molecule has 3 N–H and O–H groups in total. The SMILES string of the molecule is CCC(C)C(CO)NC(=O)Cc1c(-c2ccc(OC)cc2)n[nH]c1C. The molecule has 136 valence electrons. The largest absolute Gasteiger partial charge is 0.497 e. The number of carbonyl (C=O) groups excluding carboxylic acids is 1. The van der Waals surface area contributed by atoms with Crippen LogP contribution in [0.25, 0.3) is 11.3 Å². The fourth-order valence-electron chi connectivity index (χ4n) is 2.73. The zero-order valence-corrected chi connectivity index (χ0v) is 15.3. The van der Waals surface area contributed by atoms with Gasteiger partial charge in [-0.25, -0.2) is 0 Å². The minimum atomic E-state index is -0.228. The van der Waals surface area contributed by atoms with Crippen LogP contribution in [0, 0.1) is 12.8 Å². The number of rotatable bonds is 8. The van der Waals surface area contributed by atoms with Crippen molar-refractivity contribution in [3.8, 4) is 17.0 Å². The van der Waals surface area contributed by atoms with E-state index in [1.54, 1.807) is 7.11 Å². The summed E-state index contributed by atoms with van der Waals surface area (Å²) in [5.74, 6) is 0.883. The quantitative estimate of drug-likeness (QED) is 0.686. The van der Waals surface area contributed by atoms with Crippen molar-refractivity contribution in [2.45, 2.75) is 39.7 Å². The van der Waals surface area contributed by atoms with Crippen LogP contribution in [0.2, 0.25) is 0 Å². The van der Waals surface area contributed by atoms with Gasteiger partial charge in [0.1, 0.15) is 5.75 Å². The van der Waals surface area contributed by atoms with Gasteiger partial charge >= 0.3 is 0 Å². The van der Waals surface area contributed by atoms with Crippen LogP contribution in [0.5, 0.6) is 5.75 Å². The number of aliphatic hydroxyl groups excluding tert-OH is 1. The van der Waals surface area contributed by atoms with Gasteiger partial charge in [-0.1, -0.05) is 20.3 Å². The summed E-state index contributed by atoms with van der Waals surface area (Å²) in [4.78, 5) is 12.5. The first-order chi connectivity index (χ1) is 12.0. The maximum Gasteiger partial charge on any atom is 0.224 e. The number of methoxy groups -OCH3 is 1. The maximum absolute atomic E-state index is 12.5. The fraction of sp³-hybridized carbons (Fsp3) is 0.474. The van der Waals surface area contributed by atoms with Gasteiger partial charge in [0.2, 0.25) is 5.91 Å². The Balaban J connectivity index is 2.16. The number of carbonyl (C=O) groups is 1. The normalized spacial score (nSPS) is 13.3. The van der Waals surface area contributed by atoms with E-state index in [9.17, 15) is 9.90 Å². The Morgan fingerprint density at radius 2 is 2.04 bits per heavy atom. The number of hydrogen-bond acceptors (Lipinski definition) is 4. The van der Waals surface area contributed by atoms with Gasteiger partial charge in [-0.3, -0.25) is 9.89 Å². The first-order valence-corrected chi connectivity index (χ1v) is 8.58. The smallest absolute Gasteiger partial charge is 0.224 e. The van der Waals surface area contributed by atoms with Crippen molar-refractivity contribution in [3.05, 3.63) is 35.5 Å². The van der Waals surface area contributed by atoms with E-state index >= 15 is 0 Å². The molecule has 0 aliphatic heterocycles. The number of aromatic nitrogens is 2. The van der Waals surface area contributed by atoms with Crippen LogP contribution < -0.4 is 10.1 Å². The molecule has 0 aliphatic carbocycles. The summed E-state index contributed by atoms with van der Waals surface area (Å²) in [5.41, 5.74) is 3.42. The minimum absolute atomic E-state index is 0.0591. The number of hydrogen-bond donors (Lipinski definition) is 3. The Bertz CT molecular complexity index is 694. The van der Waals surface area contributed by atoms with Crippen molar-refractivity contribution < 1.29 is 14.6 Å². The first kappa shape index (κ1) is 19.0. The van der Waals surface area contributed by atoms with Gasteiger partial charge in [0.05, 0.1) is 31.9 Å². The van der Waals surface area contributed by atoms with Gasteiger partial charge in [0.15, 0.2) is 0 Å². The summed E-state index contributed by atoms with van der Waals surface area (Å²) >= 11 is 0. The Morgan fingerprint density at radius 1 is 1.36 bits per heavy atom. The van der Waals surface area contributed by atoms with Crippen molar-refractivity contribution >= 4 is 5.91 Å². The lowest BCUT2D eigenvalue weighted by Crippen LogP contribution is -2.42. The molecule has 25 heavy (non-hydrogen) atoms. The highest BCUT2D eigenvalue weighted by molar-refractivity contribution is 5.82. The van der Waals surface area contributed by atoms with Gasteiger partial charge in [0.25, 0.3) is 0 Å². The predicted octanol–water partition coefficient (Wildman–Crippen LogP) is 2.46. The number of amides is 1. The van der Waals surface area contributed by atoms with Crippen molar-refractivity contribution in [2.24, 2.45) is 5.92 Å². The summed E-state index contributed by atoms with van der Waals surface area (Å²) in [6.45, 7) is 5.91. The summed E-state index contributed by atoms with van der Waals surface area (Å²) in [5, 5.41) is 19.7. The van der Waals surface area contributed by atoms with Crippen LogP contribution in [-0.4, -0.2) is 41.0 Å². The van der Waals surface area contributed by atoms with Crippen LogP contribution >= 0.6 is 0 Å². The number of ether oxygens (including phenoxy) is 1. The highest BCUT2D eigenvalue weighted by Crippen LogP contribution is 2.26. The van der Waals surface area contributed by atoms with Gasteiger partial charge in [-0.2, -0.15) is 5.10 Å². The third kappa shape index (κ3) is 4.60. The Kier molecular flexibility index (Phi) is 6.58. The van der Waals surface area contributed by atoms with E-state index < -0.39 is 0 Å². The molecule has 0 spiro atoms. The van der Waals surface area contributed by atoms with Crippen molar-refractivity contribution in [1.29, 1.82) is 0 Å². The van der Waals surface area contributed by atoms with E-state index in [0.29, 0.717) is 0 Å². The third-order valence-corrected chi connectivity index (χ3v) is 4.65. The van der Waals surface area contributed by atoms with Crippen LogP contribution in [0.3, 0.4) is 0 Å². The Morgan fingerprint density at radius 3 is 2.60 bits per heavy atom. The van der Waals surface area contributed by atoms with Crippen LogP contribution in [-0.2, 0) is 11.2 Å². The standard InChI is InChI=1S/C19H27N3O3/c1-5-12(2)17(11-23)20-18(24)10-16-13(3)21-22-19(16)14-6-8-15(25-4)9-7-14/h6-9,12,17,23H,5,10-11H2,1-4H3,(H,20,24)(H,21,22). The summed E-state index contributed by atoms with van der Waals surface area (Å²) in [6.07, 6.45) is 1.12. The topological polar surface area (TPSA) is 87.2 Å². The summed E-state index contributed by atoms with van der Waals surface area (Å²) in [6, 6.07) is 7.35. The Labute approximate surface area is 148 Å². The summed E-state index contributed by atoms with van der Waals surface area (Å²) < 4.78 is 5.18. The molecular weight excluding hydrogens is 318 g/mol. The van der Waals surface area contributed by atoms with Crippen molar-refractivity contribution in [3.63, 3.8) is 0 Å². The average molecular weight is 345 g/mol. The lowest BCUT2D eigenvalue weighted by molar-refractivity contribution is -0.121. The predicted molar refractivity (Wildman–Crippen MR) is 97.5 cm³/mol. The van der Waals surface area contributed by atoms with E-state index in [-0.39, 0.29) is 30.9 Å². The molecule has 6 heteroatoms.